The van der Waals surface area contributed by atoms with E-state index in [1.807, 2.05) is 51.2 Å². The largest absolute Gasteiger partial charge is 0.494 e. The Morgan fingerprint density at radius 3 is 2.44 bits per heavy atom. The van der Waals surface area contributed by atoms with Crippen LogP contribution in [-0.4, -0.2) is 76.2 Å². The molecule has 0 bridgehead atoms. The lowest BCUT2D eigenvalue weighted by Gasteiger charge is -2.60. The number of carbonyl (C=O) groups excluding carboxylic acids is 1. The van der Waals surface area contributed by atoms with Crippen molar-refractivity contribution in [1.82, 2.24) is 24.6 Å². The van der Waals surface area contributed by atoms with E-state index >= 15 is 0 Å². The molecule has 1 spiro atoms. The third-order valence-corrected chi connectivity index (χ3v) is 8.12. The molecule has 2 aromatic heterocycles. The molecule has 2 aliphatic rings. The lowest BCUT2D eigenvalue weighted by molar-refractivity contribution is -0.0454. The first-order chi connectivity index (χ1) is 22.9. The fourth-order valence-electron chi connectivity index (χ4n) is 5.82. The minimum absolute atomic E-state index is 0.0424. The number of benzene rings is 2. The van der Waals surface area contributed by atoms with E-state index in [0.29, 0.717) is 43.6 Å². The minimum Gasteiger partial charge on any atom is -0.494 e. The number of nitrogens with zero attached hydrogens (tertiary/aromatic N) is 6. The predicted octanol–water partition coefficient (Wildman–Crippen LogP) is 5.73. The molecule has 12 nitrogen and oxygen atoms in total. The van der Waals surface area contributed by atoms with Gasteiger partial charge in [0.2, 0.25) is 5.95 Å². The molecule has 2 aliphatic heterocycles. The van der Waals surface area contributed by atoms with Crippen molar-refractivity contribution in [3.8, 4) is 17.2 Å². The van der Waals surface area contributed by atoms with Crippen molar-refractivity contribution in [3.63, 3.8) is 0 Å². The van der Waals surface area contributed by atoms with Gasteiger partial charge in [0.05, 0.1) is 37.3 Å². The van der Waals surface area contributed by atoms with Gasteiger partial charge in [0.25, 0.3) is 0 Å². The maximum absolute atomic E-state index is 14.6. The number of methoxy groups -OCH3 is 1. The number of anilines is 3. The molecule has 2 fully saturated rings. The summed E-state index contributed by atoms with van der Waals surface area (Å²) < 4.78 is 53.4. The van der Waals surface area contributed by atoms with Crippen molar-refractivity contribution in [1.29, 1.82) is 0 Å². The maximum atomic E-state index is 14.6. The molecule has 0 aliphatic carbocycles. The van der Waals surface area contributed by atoms with Crippen molar-refractivity contribution in [2.45, 2.75) is 46.4 Å². The van der Waals surface area contributed by atoms with Crippen LogP contribution in [0.3, 0.4) is 0 Å². The van der Waals surface area contributed by atoms with Gasteiger partial charge in [-0.05, 0) is 57.5 Å². The lowest BCUT2D eigenvalue weighted by atomic mass is 9.73. The van der Waals surface area contributed by atoms with Crippen molar-refractivity contribution in [2.75, 3.05) is 50.1 Å². The van der Waals surface area contributed by atoms with E-state index in [9.17, 15) is 13.6 Å². The normalized spacial score (nSPS) is 15.1. The Morgan fingerprint density at radius 1 is 1.02 bits per heavy atom. The third-order valence-electron chi connectivity index (χ3n) is 8.12. The molecule has 4 aromatic rings. The van der Waals surface area contributed by atoms with Crippen LogP contribution < -0.4 is 24.4 Å². The molecule has 0 unspecified atom stereocenters. The van der Waals surface area contributed by atoms with Crippen LogP contribution in [0.1, 0.15) is 31.9 Å². The molecule has 0 radical (unpaired) electrons. The summed E-state index contributed by atoms with van der Waals surface area (Å²) in [4.78, 5) is 25.1. The standard InChI is InChI=1S/C34H39F2N7O5/c1-22-13-28(45-5)30(36)25(29(22)35)17-47-24-15-37-31(38-16-24)40-23-7-8-26(27(14-23)46-12-11-43-10-6-9-39-43)41-18-34(19-41)20-42(21-34)32(44)48-33(2,3)4/h6-10,13-16H,11-12,17-21H2,1-5H3,(H,37,38,40). The summed E-state index contributed by atoms with van der Waals surface area (Å²) in [5.41, 5.74) is 1.18. The van der Waals surface area contributed by atoms with Crippen LogP contribution in [0.15, 0.2) is 55.1 Å². The van der Waals surface area contributed by atoms with Gasteiger partial charge >= 0.3 is 6.09 Å². The molecule has 48 heavy (non-hydrogen) atoms. The number of hydrogen-bond donors (Lipinski definition) is 1. The van der Waals surface area contributed by atoms with E-state index in [2.05, 4.69) is 25.3 Å². The van der Waals surface area contributed by atoms with E-state index in [-0.39, 0.29) is 40.7 Å². The Bertz CT molecular complexity index is 1750. The van der Waals surface area contributed by atoms with Crippen molar-refractivity contribution >= 4 is 23.4 Å². The molecule has 254 valence electrons. The first-order valence-corrected chi connectivity index (χ1v) is 15.6. The van der Waals surface area contributed by atoms with Gasteiger partial charge < -0.3 is 34.1 Å². The molecule has 0 atom stereocenters. The Labute approximate surface area is 277 Å². The molecule has 2 saturated heterocycles. The van der Waals surface area contributed by atoms with Crippen LogP contribution in [0.5, 0.6) is 17.2 Å². The number of carbonyl (C=O) groups is 1. The Morgan fingerprint density at radius 2 is 1.77 bits per heavy atom. The fraction of sp³-hybridized carbons (Fsp3) is 0.412. The number of aromatic nitrogens is 4. The second kappa shape index (κ2) is 13.2. The van der Waals surface area contributed by atoms with Gasteiger partial charge in [-0.3, -0.25) is 4.68 Å². The number of hydrogen-bond acceptors (Lipinski definition) is 10. The monoisotopic (exact) mass is 663 g/mol. The number of amides is 1. The fourth-order valence-corrected chi connectivity index (χ4v) is 5.82. The molecular weight excluding hydrogens is 624 g/mol. The quantitative estimate of drug-likeness (QED) is 0.213. The zero-order chi connectivity index (χ0) is 34.1. The molecule has 1 N–H and O–H groups in total. The maximum Gasteiger partial charge on any atom is 0.410 e. The van der Waals surface area contributed by atoms with Crippen molar-refractivity contribution in [3.05, 3.63) is 77.9 Å². The van der Waals surface area contributed by atoms with Crippen LogP contribution in [0.2, 0.25) is 0 Å². The summed E-state index contributed by atoms with van der Waals surface area (Å²) in [5, 5.41) is 7.43. The first-order valence-electron chi connectivity index (χ1n) is 15.6. The molecular formula is C34H39F2N7O5. The van der Waals surface area contributed by atoms with Gasteiger partial charge in [-0.1, -0.05) is 0 Å². The Kier molecular flexibility index (Phi) is 8.99. The number of aryl methyl sites for hydroxylation is 1. The minimum atomic E-state index is -0.810. The number of halogens is 2. The van der Waals surface area contributed by atoms with E-state index in [4.69, 9.17) is 18.9 Å². The van der Waals surface area contributed by atoms with E-state index in [1.54, 1.807) is 15.8 Å². The van der Waals surface area contributed by atoms with E-state index in [1.165, 1.54) is 32.5 Å². The summed E-state index contributed by atoms with van der Waals surface area (Å²) >= 11 is 0. The molecule has 2 aromatic carbocycles. The molecule has 0 saturated carbocycles. The summed E-state index contributed by atoms with van der Waals surface area (Å²) in [6.45, 7) is 10.7. The topological polar surface area (TPSA) is 116 Å². The van der Waals surface area contributed by atoms with Gasteiger partial charge in [0.1, 0.15) is 30.4 Å². The Hall–Kier alpha value is -5.14. The van der Waals surface area contributed by atoms with Gasteiger partial charge in [0.15, 0.2) is 17.3 Å². The van der Waals surface area contributed by atoms with Crippen LogP contribution in [0.4, 0.5) is 30.9 Å². The van der Waals surface area contributed by atoms with Crippen molar-refractivity contribution < 1.29 is 32.5 Å². The van der Waals surface area contributed by atoms with E-state index < -0.39 is 17.2 Å². The average molecular weight is 664 g/mol. The summed E-state index contributed by atoms with van der Waals surface area (Å²) in [7, 11) is 1.32. The highest BCUT2D eigenvalue weighted by atomic mass is 19.1. The van der Waals surface area contributed by atoms with Gasteiger partial charge in [-0.2, -0.15) is 5.10 Å². The highest BCUT2D eigenvalue weighted by molar-refractivity contribution is 5.72. The second-order valence-electron chi connectivity index (χ2n) is 13.2. The Balaban J connectivity index is 1.10. The molecule has 4 heterocycles. The average Bonchev–Trinajstić information content (AvgIpc) is 3.52. The highest BCUT2D eigenvalue weighted by Crippen LogP contribution is 2.45. The van der Waals surface area contributed by atoms with Gasteiger partial charge in [-0.25, -0.2) is 23.5 Å². The summed E-state index contributed by atoms with van der Waals surface area (Å²) in [6.07, 6.45) is 6.17. The molecule has 14 heteroatoms. The molecule has 6 rings (SSSR count). The zero-order valence-corrected chi connectivity index (χ0v) is 27.6. The summed E-state index contributed by atoms with van der Waals surface area (Å²) in [5.74, 6) is -0.335. The highest BCUT2D eigenvalue weighted by Gasteiger charge is 2.54. The number of likely N-dealkylation sites (tertiary alicyclic amines) is 1. The lowest BCUT2D eigenvalue weighted by Crippen LogP contribution is -2.73. The van der Waals surface area contributed by atoms with Crippen molar-refractivity contribution in [2.24, 2.45) is 5.41 Å². The predicted molar refractivity (Wildman–Crippen MR) is 174 cm³/mol. The van der Waals surface area contributed by atoms with Crippen LogP contribution in [-0.2, 0) is 17.9 Å². The van der Waals surface area contributed by atoms with Crippen LogP contribution in [0, 0.1) is 24.0 Å². The third kappa shape index (κ3) is 7.21. The van der Waals surface area contributed by atoms with Crippen LogP contribution >= 0.6 is 0 Å². The van der Waals surface area contributed by atoms with Gasteiger partial charge in [0, 0.05) is 55.7 Å². The molecule has 1 amide bonds. The first kappa shape index (κ1) is 32.8. The SMILES string of the molecule is COc1cc(C)c(F)c(COc2cnc(Nc3ccc(N4CC5(CN(C(=O)OC(C)(C)C)C5)C4)c(OCCn4cccn4)c3)nc2)c1F. The zero-order valence-electron chi connectivity index (χ0n) is 27.6. The second-order valence-corrected chi connectivity index (χ2v) is 13.2. The van der Waals surface area contributed by atoms with E-state index in [0.717, 1.165) is 18.8 Å². The smallest absolute Gasteiger partial charge is 0.410 e. The number of ether oxygens (including phenoxy) is 4. The van der Waals surface area contributed by atoms with Gasteiger partial charge in [-0.15, -0.1) is 0 Å². The number of rotatable bonds is 11. The van der Waals surface area contributed by atoms with Crippen LogP contribution in [0.25, 0.3) is 0 Å². The number of nitrogens with one attached hydrogen (secondary N) is 1. The summed E-state index contributed by atoms with van der Waals surface area (Å²) in [6, 6.07) is 8.96.